The van der Waals surface area contributed by atoms with Gasteiger partial charge in [-0.05, 0) is 59.9 Å². The summed E-state index contributed by atoms with van der Waals surface area (Å²) in [4.78, 5) is 15.0. The zero-order valence-corrected chi connectivity index (χ0v) is 13.3. The van der Waals surface area contributed by atoms with Gasteiger partial charge in [-0.15, -0.1) is 0 Å². The second kappa shape index (κ2) is 5.74. The van der Waals surface area contributed by atoms with E-state index >= 15 is 0 Å². The van der Waals surface area contributed by atoms with Gasteiger partial charge >= 0.3 is 0 Å². The molecule has 1 N–H and O–H groups in total. The van der Waals surface area contributed by atoms with Gasteiger partial charge in [0.05, 0.1) is 11.5 Å². The van der Waals surface area contributed by atoms with Crippen molar-refractivity contribution in [2.24, 2.45) is 5.92 Å². The molecule has 2 fully saturated rings. The van der Waals surface area contributed by atoms with Gasteiger partial charge in [-0.25, -0.2) is 0 Å². The molecule has 0 amide bonds. The molecular formula is C16H29NO3. The van der Waals surface area contributed by atoms with Crippen LogP contribution in [0.25, 0.3) is 0 Å². The first-order valence-corrected chi connectivity index (χ1v) is 7.87. The topological polar surface area (TPSA) is 49.8 Å². The van der Waals surface area contributed by atoms with Gasteiger partial charge in [-0.1, -0.05) is 0 Å². The van der Waals surface area contributed by atoms with Crippen LogP contribution in [0, 0.1) is 5.92 Å². The lowest BCUT2D eigenvalue weighted by molar-refractivity contribution is -0.132. The smallest absolute Gasteiger partial charge is 0.171 e. The Hall–Kier alpha value is -0.450. The van der Waals surface area contributed by atoms with Gasteiger partial charge < -0.3 is 9.84 Å². The Balaban J connectivity index is 2.03. The SMILES string of the molecule is CC1(C)OC(C)(C)C(CN2CCCC2CCCO)C1=O. The molecule has 2 unspecified atom stereocenters. The maximum Gasteiger partial charge on any atom is 0.171 e. The molecule has 20 heavy (non-hydrogen) atoms. The Kier molecular flexibility index (Phi) is 4.57. The second-order valence-corrected chi connectivity index (χ2v) is 7.29. The Bertz CT molecular complexity index is 365. The standard InChI is InChI=1S/C16H29NO3/c1-15(2)13(14(19)16(3,4)20-15)11-17-9-5-7-12(17)8-6-10-18/h12-13,18H,5-11H2,1-4H3. The number of nitrogens with zero attached hydrogens (tertiary/aromatic N) is 1. The average molecular weight is 283 g/mol. The summed E-state index contributed by atoms with van der Waals surface area (Å²) < 4.78 is 5.97. The zero-order valence-electron chi connectivity index (χ0n) is 13.3. The number of Topliss-reactive ketones (excluding diaryl/α,β-unsaturated/α-hetero) is 1. The number of ketones is 1. The van der Waals surface area contributed by atoms with Crippen molar-refractivity contribution in [2.45, 2.75) is 70.6 Å². The van der Waals surface area contributed by atoms with Crippen LogP contribution >= 0.6 is 0 Å². The molecule has 0 bridgehead atoms. The molecule has 2 saturated heterocycles. The average Bonchev–Trinajstić information content (AvgIpc) is 2.83. The molecule has 2 aliphatic heterocycles. The van der Waals surface area contributed by atoms with Crippen LogP contribution in [0.1, 0.15) is 53.4 Å². The highest BCUT2D eigenvalue weighted by Gasteiger charge is 2.53. The first-order chi connectivity index (χ1) is 9.28. The van der Waals surface area contributed by atoms with E-state index in [-0.39, 0.29) is 23.9 Å². The van der Waals surface area contributed by atoms with Gasteiger partial charge in [0.2, 0.25) is 0 Å². The maximum absolute atomic E-state index is 12.6. The summed E-state index contributed by atoms with van der Waals surface area (Å²) >= 11 is 0. The highest BCUT2D eigenvalue weighted by molar-refractivity contribution is 5.91. The number of likely N-dealkylation sites (tertiary alicyclic amines) is 1. The summed E-state index contributed by atoms with van der Waals surface area (Å²) in [5.41, 5.74) is -1.04. The minimum atomic E-state index is -0.658. The Morgan fingerprint density at radius 2 is 2.05 bits per heavy atom. The van der Waals surface area contributed by atoms with Crippen molar-refractivity contribution in [3.8, 4) is 0 Å². The fraction of sp³-hybridized carbons (Fsp3) is 0.938. The summed E-state index contributed by atoms with van der Waals surface area (Å²) in [5.74, 6) is 0.183. The molecule has 116 valence electrons. The zero-order chi connectivity index (χ0) is 15.0. The van der Waals surface area contributed by atoms with E-state index < -0.39 is 5.60 Å². The number of carbonyl (C=O) groups is 1. The Labute approximate surface area is 122 Å². The van der Waals surface area contributed by atoms with Gasteiger partial charge in [0.15, 0.2) is 5.78 Å². The number of rotatable bonds is 5. The summed E-state index contributed by atoms with van der Waals surface area (Å²) in [6, 6.07) is 0.523. The van der Waals surface area contributed by atoms with E-state index in [0.717, 1.165) is 25.9 Å². The molecule has 0 aromatic rings. The molecule has 0 aromatic heterocycles. The largest absolute Gasteiger partial charge is 0.396 e. The minimum absolute atomic E-state index is 0.0489. The minimum Gasteiger partial charge on any atom is -0.396 e. The Morgan fingerprint density at radius 3 is 2.60 bits per heavy atom. The van der Waals surface area contributed by atoms with Crippen molar-refractivity contribution in [3.05, 3.63) is 0 Å². The molecule has 0 spiro atoms. The van der Waals surface area contributed by atoms with Crippen LogP contribution in [0.5, 0.6) is 0 Å². The third-order valence-corrected chi connectivity index (χ3v) is 4.88. The lowest BCUT2D eigenvalue weighted by Gasteiger charge is -2.31. The monoisotopic (exact) mass is 283 g/mol. The molecule has 2 heterocycles. The Morgan fingerprint density at radius 1 is 1.35 bits per heavy atom. The van der Waals surface area contributed by atoms with Crippen molar-refractivity contribution in [3.63, 3.8) is 0 Å². The maximum atomic E-state index is 12.6. The number of aliphatic hydroxyl groups is 1. The predicted molar refractivity (Wildman–Crippen MR) is 78.7 cm³/mol. The van der Waals surface area contributed by atoms with E-state index in [2.05, 4.69) is 4.90 Å². The predicted octanol–water partition coefficient (Wildman–Crippen LogP) is 2.00. The van der Waals surface area contributed by atoms with Crippen LogP contribution in [-0.2, 0) is 9.53 Å². The number of aliphatic hydroxyl groups excluding tert-OH is 1. The number of carbonyl (C=O) groups excluding carboxylic acids is 1. The van der Waals surface area contributed by atoms with E-state index in [1.54, 1.807) is 0 Å². The number of hydrogen-bond acceptors (Lipinski definition) is 4. The molecule has 0 aromatic carbocycles. The molecule has 2 atom stereocenters. The number of hydrogen-bond donors (Lipinski definition) is 1. The third kappa shape index (κ3) is 3.07. The molecule has 0 saturated carbocycles. The summed E-state index contributed by atoms with van der Waals surface area (Å²) in [6.07, 6.45) is 4.26. The van der Waals surface area contributed by atoms with Gasteiger partial charge in [0.1, 0.15) is 5.60 Å². The van der Waals surface area contributed by atoms with Crippen LogP contribution < -0.4 is 0 Å². The molecule has 2 aliphatic rings. The van der Waals surface area contributed by atoms with Gasteiger partial charge in [0.25, 0.3) is 0 Å². The van der Waals surface area contributed by atoms with E-state index in [4.69, 9.17) is 9.84 Å². The van der Waals surface area contributed by atoms with Crippen molar-refractivity contribution in [1.29, 1.82) is 0 Å². The van der Waals surface area contributed by atoms with Crippen molar-refractivity contribution >= 4 is 5.78 Å². The van der Waals surface area contributed by atoms with E-state index in [1.165, 1.54) is 12.8 Å². The molecule has 4 nitrogen and oxygen atoms in total. The van der Waals surface area contributed by atoms with E-state index in [9.17, 15) is 4.79 Å². The number of ether oxygens (including phenoxy) is 1. The lowest BCUT2D eigenvalue weighted by atomic mass is 9.85. The fourth-order valence-corrected chi connectivity index (χ4v) is 3.84. The summed E-state index contributed by atoms with van der Waals surface area (Å²) in [6.45, 7) is 9.94. The molecule has 0 radical (unpaired) electrons. The van der Waals surface area contributed by atoms with Gasteiger partial charge in [-0.3, -0.25) is 9.69 Å². The second-order valence-electron chi connectivity index (χ2n) is 7.29. The summed E-state index contributed by atoms with van der Waals surface area (Å²) in [7, 11) is 0. The van der Waals surface area contributed by atoms with E-state index in [1.807, 2.05) is 27.7 Å². The highest BCUT2D eigenvalue weighted by Crippen LogP contribution is 2.40. The molecule has 0 aliphatic carbocycles. The lowest BCUT2D eigenvalue weighted by Crippen LogP contribution is -2.43. The fourth-order valence-electron chi connectivity index (χ4n) is 3.84. The molecular weight excluding hydrogens is 254 g/mol. The normalized spacial score (nSPS) is 33.0. The highest BCUT2D eigenvalue weighted by atomic mass is 16.5. The van der Waals surface area contributed by atoms with Gasteiger partial charge in [-0.2, -0.15) is 0 Å². The third-order valence-electron chi connectivity index (χ3n) is 4.88. The molecule has 2 rings (SSSR count). The van der Waals surface area contributed by atoms with Crippen LogP contribution in [-0.4, -0.2) is 52.7 Å². The first-order valence-electron chi connectivity index (χ1n) is 7.87. The van der Waals surface area contributed by atoms with Crippen LogP contribution in [0.4, 0.5) is 0 Å². The van der Waals surface area contributed by atoms with E-state index in [0.29, 0.717) is 6.04 Å². The molecule has 4 heteroatoms. The van der Waals surface area contributed by atoms with Crippen LogP contribution in [0.15, 0.2) is 0 Å². The summed E-state index contributed by atoms with van der Waals surface area (Å²) in [5, 5.41) is 9.00. The van der Waals surface area contributed by atoms with Crippen molar-refractivity contribution in [1.82, 2.24) is 4.90 Å². The first kappa shape index (κ1) is 15.9. The van der Waals surface area contributed by atoms with Crippen LogP contribution in [0.3, 0.4) is 0 Å². The van der Waals surface area contributed by atoms with Crippen LogP contribution in [0.2, 0.25) is 0 Å². The quantitative estimate of drug-likeness (QED) is 0.838. The van der Waals surface area contributed by atoms with Crippen molar-refractivity contribution in [2.75, 3.05) is 19.7 Å². The van der Waals surface area contributed by atoms with Gasteiger partial charge in [0, 0.05) is 19.2 Å². The van der Waals surface area contributed by atoms with Crippen molar-refractivity contribution < 1.29 is 14.6 Å².